The van der Waals surface area contributed by atoms with Gasteiger partial charge in [0.2, 0.25) is 11.8 Å². The molecule has 0 radical (unpaired) electrons. The zero-order valence-corrected chi connectivity index (χ0v) is 13.6. The summed E-state index contributed by atoms with van der Waals surface area (Å²) in [7, 11) is 0. The zero-order valence-electron chi connectivity index (χ0n) is 12.8. The predicted octanol–water partition coefficient (Wildman–Crippen LogP) is 1.34. The van der Waals surface area contributed by atoms with Gasteiger partial charge in [0.05, 0.1) is 25.0 Å². The largest absolute Gasteiger partial charge is 0.493 e. The minimum atomic E-state index is -1.21. The number of likely N-dealkylation sites (tertiary alicyclic amines) is 1. The average Bonchev–Trinajstić information content (AvgIpc) is 2.48. The molecule has 1 heterocycles. The molecule has 2 amide bonds. The molecule has 0 bridgehead atoms. The number of halogens is 1. The summed E-state index contributed by atoms with van der Waals surface area (Å²) in [6.07, 6.45) is 1.20. The molecule has 1 aromatic rings. The fourth-order valence-electron chi connectivity index (χ4n) is 2.74. The number of nitrogens with two attached hydrogens (primary N) is 1. The van der Waals surface area contributed by atoms with Crippen molar-refractivity contribution in [1.29, 1.82) is 0 Å². The Hall–Kier alpha value is -1.79. The van der Waals surface area contributed by atoms with Gasteiger partial charge < -0.3 is 20.5 Å². The average molecular weight is 341 g/mol. The second-order valence-corrected chi connectivity index (χ2v) is 6.28. The highest BCUT2D eigenvalue weighted by Gasteiger charge is 2.36. The molecular formula is C16H21ClN2O4. The minimum absolute atomic E-state index is 0.110. The highest BCUT2D eigenvalue weighted by molar-refractivity contribution is 6.30. The Morgan fingerprint density at radius 3 is 2.70 bits per heavy atom. The maximum atomic E-state index is 12.2. The van der Waals surface area contributed by atoms with E-state index < -0.39 is 11.5 Å². The quantitative estimate of drug-likeness (QED) is 0.817. The van der Waals surface area contributed by atoms with E-state index in [0.717, 1.165) is 0 Å². The van der Waals surface area contributed by atoms with E-state index >= 15 is 0 Å². The lowest BCUT2D eigenvalue weighted by Crippen LogP contribution is -2.52. The zero-order chi connectivity index (χ0) is 16.9. The van der Waals surface area contributed by atoms with E-state index in [1.165, 1.54) is 0 Å². The Labute approximate surface area is 140 Å². The molecule has 7 heteroatoms. The number of rotatable bonds is 6. The predicted molar refractivity (Wildman–Crippen MR) is 86.1 cm³/mol. The molecular weight excluding hydrogens is 320 g/mol. The van der Waals surface area contributed by atoms with Crippen molar-refractivity contribution in [2.45, 2.75) is 31.3 Å². The van der Waals surface area contributed by atoms with Crippen molar-refractivity contribution in [2.24, 2.45) is 5.73 Å². The van der Waals surface area contributed by atoms with Crippen molar-refractivity contribution >= 4 is 23.4 Å². The molecule has 1 saturated heterocycles. The van der Waals surface area contributed by atoms with Crippen molar-refractivity contribution in [1.82, 2.24) is 4.90 Å². The van der Waals surface area contributed by atoms with Crippen LogP contribution in [0.5, 0.6) is 5.75 Å². The maximum Gasteiger partial charge on any atom is 0.226 e. The number of benzene rings is 1. The Balaban J connectivity index is 1.80. The number of hydrogen-bond donors (Lipinski definition) is 2. The molecule has 0 aliphatic carbocycles. The third-order valence-electron chi connectivity index (χ3n) is 3.81. The molecule has 1 unspecified atom stereocenters. The van der Waals surface area contributed by atoms with Gasteiger partial charge >= 0.3 is 0 Å². The lowest BCUT2D eigenvalue weighted by molar-refractivity contribution is -0.142. The molecule has 23 heavy (non-hydrogen) atoms. The normalized spacial score (nSPS) is 21.0. The number of hydrogen-bond acceptors (Lipinski definition) is 4. The standard InChI is InChI=1S/C16H21ClN2O4/c17-12-2-4-13(5-3-12)23-9-6-15(21)19-8-1-7-16(22,11-19)10-14(18)20/h2-5,22H,1,6-11H2,(H2,18,20). The summed E-state index contributed by atoms with van der Waals surface area (Å²) in [5.41, 5.74) is 3.94. The van der Waals surface area contributed by atoms with Crippen LogP contribution in [0, 0.1) is 0 Å². The molecule has 1 aliphatic rings. The van der Waals surface area contributed by atoms with E-state index in [1.54, 1.807) is 29.2 Å². The van der Waals surface area contributed by atoms with Crippen LogP contribution in [0.25, 0.3) is 0 Å². The summed E-state index contributed by atoms with van der Waals surface area (Å²) in [5, 5.41) is 11.0. The Morgan fingerprint density at radius 2 is 2.04 bits per heavy atom. The van der Waals surface area contributed by atoms with Crippen molar-refractivity contribution in [2.75, 3.05) is 19.7 Å². The number of piperidine rings is 1. The fourth-order valence-corrected chi connectivity index (χ4v) is 2.86. The van der Waals surface area contributed by atoms with Crippen molar-refractivity contribution < 1.29 is 19.4 Å². The summed E-state index contributed by atoms with van der Waals surface area (Å²) in [4.78, 5) is 24.8. The molecule has 0 spiro atoms. The summed E-state index contributed by atoms with van der Waals surface area (Å²) >= 11 is 5.79. The number of carbonyl (C=O) groups is 2. The van der Waals surface area contributed by atoms with Gasteiger partial charge in [-0.3, -0.25) is 9.59 Å². The Bertz CT molecular complexity index is 564. The number of carbonyl (C=O) groups excluding carboxylic acids is 2. The SMILES string of the molecule is NC(=O)CC1(O)CCCN(C(=O)CCOc2ccc(Cl)cc2)C1. The molecule has 126 valence electrons. The number of aliphatic hydroxyl groups is 1. The molecule has 1 aromatic carbocycles. The van der Waals surface area contributed by atoms with Crippen molar-refractivity contribution in [3.8, 4) is 5.75 Å². The van der Waals surface area contributed by atoms with Crippen LogP contribution in [-0.4, -0.2) is 47.1 Å². The van der Waals surface area contributed by atoms with Crippen LogP contribution in [-0.2, 0) is 9.59 Å². The van der Waals surface area contributed by atoms with E-state index in [1.807, 2.05) is 0 Å². The fraction of sp³-hybridized carbons (Fsp3) is 0.500. The number of primary amides is 1. The van der Waals surface area contributed by atoms with Crippen LogP contribution < -0.4 is 10.5 Å². The summed E-state index contributed by atoms with van der Waals surface area (Å²) in [5.74, 6) is -0.0273. The molecule has 0 saturated carbocycles. The van der Waals surface area contributed by atoms with Gasteiger partial charge in [-0.2, -0.15) is 0 Å². The van der Waals surface area contributed by atoms with Gasteiger partial charge in [-0.1, -0.05) is 11.6 Å². The molecule has 1 aliphatic heterocycles. The van der Waals surface area contributed by atoms with Crippen LogP contribution in [0.4, 0.5) is 0 Å². The van der Waals surface area contributed by atoms with E-state index in [-0.39, 0.29) is 31.9 Å². The van der Waals surface area contributed by atoms with Crippen LogP contribution >= 0.6 is 11.6 Å². The van der Waals surface area contributed by atoms with Gasteiger partial charge in [-0.15, -0.1) is 0 Å². The van der Waals surface area contributed by atoms with Crippen LogP contribution in [0.3, 0.4) is 0 Å². The molecule has 1 fully saturated rings. The van der Waals surface area contributed by atoms with E-state index in [0.29, 0.717) is 30.2 Å². The molecule has 6 nitrogen and oxygen atoms in total. The first-order valence-electron chi connectivity index (χ1n) is 7.55. The molecule has 1 atom stereocenters. The second-order valence-electron chi connectivity index (χ2n) is 5.84. The lowest BCUT2D eigenvalue weighted by Gasteiger charge is -2.38. The second kappa shape index (κ2) is 7.66. The smallest absolute Gasteiger partial charge is 0.226 e. The van der Waals surface area contributed by atoms with Crippen molar-refractivity contribution in [3.05, 3.63) is 29.3 Å². The first-order valence-corrected chi connectivity index (χ1v) is 7.93. The third kappa shape index (κ3) is 5.41. The van der Waals surface area contributed by atoms with Gasteiger partial charge in [0.15, 0.2) is 0 Å². The maximum absolute atomic E-state index is 12.2. The van der Waals surface area contributed by atoms with Gasteiger partial charge in [-0.25, -0.2) is 0 Å². The molecule has 0 aromatic heterocycles. The number of nitrogens with zero attached hydrogens (tertiary/aromatic N) is 1. The first-order chi connectivity index (χ1) is 10.9. The van der Waals surface area contributed by atoms with Crippen LogP contribution in [0.15, 0.2) is 24.3 Å². The minimum Gasteiger partial charge on any atom is -0.493 e. The van der Waals surface area contributed by atoms with Crippen LogP contribution in [0.2, 0.25) is 5.02 Å². The van der Waals surface area contributed by atoms with Gasteiger partial charge in [-0.05, 0) is 37.1 Å². The number of amides is 2. The lowest BCUT2D eigenvalue weighted by atomic mass is 9.89. The highest BCUT2D eigenvalue weighted by Crippen LogP contribution is 2.24. The Kier molecular flexibility index (Phi) is 5.85. The number of β-amino-alcohol motifs (C(OH)–C–C–N with tert-alkyl or cyclic N) is 1. The van der Waals surface area contributed by atoms with E-state index in [4.69, 9.17) is 22.1 Å². The monoisotopic (exact) mass is 340 g/mol. The van der Waals surface area contributed by atoms with Gasteiger partial charge in [0.1, 0.15) is 5.75 Å². The van der Waals surface area contributed by atoms with E-state index in [9.17, 15) is 14.7 Å². The molecule has 2 rings (SSSR count). The van der Waals surface area contributed by atoms with Gasteiger partial charge in [0, 0.05) is 18.1 Å². The third-order valence-corrected chi connectivity index (χ3v) is 4.06. The summed E-state index contributed by atoms with van der Waals surface area (Å²) in [6.45, 7) is 0.946. The van der Waals surface area contributed by atoms with Crippen molar-refractivity contribution in [3.63, 3.8) is 0 Å². The van der Waals surface area contributed by atoms with E-state index in [2.05, 4.69) is 0 Å². The Morgan fingerprint density at radius 1 is 1.35 bits per heavy atom. The summed E-state index contributed by atoms with van der Waals surface area (Å²) in [6, 6.07) is 6.90. The van der Waals surface area contributed by atoms with Crippen LogP contribution in [0.1, 0.15) is 25.7 Å². The topological polar surface area (TPSA) is 92.9 Å². The number of ether oxygens (including phenoxy) is 1. The highest BCUT2D eigenvalue weighted by atomic mass is 35.5. The first kappa shape index (κ1) is 17.6. The van der Waals surface area contributed by atoms with Gasteiger partial charge in [0.25, 0.3) is 0 Å². The summed E-state index contributed by atoms with van der Waals surface area (Å²) < 4.78 is 5.50. The molecule has 3 N–H and O–H groups in total.